The lowest BCUT2D eigenvalue weighted by molar-refractivity contribution is -0.166. The summed E-state index contributed by atoms with van der Waals surface area (Å²) in [6.45, 7) is 5.35. The Morgan fingerprint density at radius 2 is 1.21 bits per heavy atom. The molecule has 8 rings (SSSR count). The van der Waals surface area contributed by atoms with Crippen molar-refractivity contribution in [3.8, 4) is 29.1 Å². The summed E-state index contributed by atoms with van der Waals surface area (Å²) >= 11 is 0. The SMILES string of the molecule is Cc1c(CC(=O)OC(=O)Cc2cc3ccc(F)cc3c(Oc3ccc(S(=O)(=O)N4CC5(COC5)C4)cc3)c2C)cc2ccc(F)cc2c1Oc1ccc(C#N)cc1. The summed E-state index contributed by atoms with van der Waals surface area (Å²) in [5, 5.41) is 11.2. The number of esters is 2. The quantitative estimate of drug-likeness (QED) is 0.0995. The Bertz CT molecular complexity index is 2750. The monoisotopic (exact) mass is 788 g/mol. The highest BCUT2D eigenvalue weighted by molar-refractivity contribution is 7.89. The zero-order valence-corrected chi connectivity index (χ0v) is 31.6. The smallest absolute Gasteiger partial charge is 0.317 e. The number of nitriles is 1. The normalized spacial score (nSPS) is 14.8. The van der Waals surface area contributed by atoms with Gasteiger partial charge in [0.25, 0.3) is 0 Å². The van der Waals surface area contributed by atoms with Gasteiger partial charge < -0.3 is 18.9 Å². The molecular formula is C44H34F2N2O8S. The van der Waals surface area contributed by atoms with Crippen LogP contribution < -0.4 is 9.47 Å². The first-order chi connectivity index (χ1) is 27.3. The van der Waals surface area contributed by atoms with E-state index in [4.69, 9.17) is 24.2 Å². The van der Waals surface area contributed by atoms with E-state index in [1.165, 1.54) is 52.8 Å². The second-order valence-electron chi connectivity index (χ2n) is 14.5. The summed E-state index contributed by atoms with van der Waals surface area (Å²) in [7, 11) is -3.70. The lowest BCUT2D eigenvalue weighted by Gasteiger charge is -2.53. The summed E-state index contributed by atoms with van der Waals surface area (Å²) in [5.41, 5.74) is 2.34. The topological polar surface area (TPSA) is 132 Å². The van der Waals surface area contributed by atoms with Crippen LogP contribution >= 0.6 is 0 Å². The van der Waals surface area contributed by atoms with Crippen molar-refractivity contribution in [1.82, 2.24) is 4.31 Å². The second kappa shape index (κ2) is 14.7. The number of benzene rings is 6. The van der Waals surface area contributed by atoms with Gasteiger partial charge in [-0.15, -0.1) is 0 Å². The molecule has 0 bridgehead atoms. The summed E-state index contributed by atoms with van der Waals surface area (Å²) in [6.07, 6.45) is -0.610. The maximum Gasteiger partial charge on any atom is 0.317 e. The maximum atomic E-state index is 14.5. The highest BCUT2D eigenvalue weighted by Crippen LogP contribution is 2.42. The first kappa shape index (κ1) is 37.7. The van der Waals surface area contributed by atoms with Crippen LogP contribution in [-0.4, -0.2) is 51.0 Å². The fraction of sp³-hybridized carbons (Fsp3) is 0.205. The predicted octanol–water partition coefficient (Wildman–Crippen LogP) is 8.22. The number of fused-ring (bicyclic) bond motifs is 2. The van der Waals surface area contributed by atoms with E-state index in [2.05, 4.69) is 0 Å². The van der Waals surface area contributed by atoms with E-state index in [1.54, 1.807) is 62.4 Å². The Kier molecular flexibility index (Phi) is 9.73. The summed E-state index contributed by atoms with van der Waals surface area (Å²) in [4.78, 5) is 26.7. The van der Waals surface area contributed by atoms with Crippen molar-refractivity contribution in [1.29, 1.82) is 5.26 Å². The first-order valence-electron chi connectivity index (χ1n) is 18.0. The standard InChI is InChI=1S/C44H34F2N2O8S/c1-26-31(15-29-5-7-33(45)19-38(29)42(26)54-35-9-3-28(21-47)4-10-35)17-40(49)56-41(50)18-32-16-30-6-8-34(46)20-39(30)43(27(32)2)55-36-11-13-37(14-12-36)57(51,52)48-22-44(23-48)24-53-25-44/h3-16,19-20H,17-18,22-25H2,1-2H3. The van der Waals surface area contributed by atoms with Crippen LogP contribution in [0.5, 0.6) is 23.0 Å². The van der Waals surface area contributed by atoms with Crippen molar-refractivity contribution in [2.24, 2.45) is 5.41 Å². The lowest BCUT2D eigenvalue weighted by atomic mass is 9.80. The van der Waals surface area contributed by atoms with E-state index >= 15 is 0 Å². The summed E-state index contributed by atoms with van der Waals surface area (Å²) in [5.74, 6) is -1.38. The van der Waals surface area contributed by atoms with E-state index < -0.39 is 33.6 Å². The van der Waals surface area contributed by atoms with Crippen molar-refractivity contribution >= 4 is 43.5 Å². The molecule has 2 saturated heterocycles. The van der Waals surface area contributed by atoms with E-state index in [0.29, 0.717) is 92.9 Å². The number of carbonyl (C=O) groups excluding carboxylic acids is 2. The molecule has 2 aliphatic heterocycles. The van der Waals surface area contributed by atoms with Gasteiger partial charge in [-0.05, 0) is 120 Å². The number of ether oxygens (including phenoxy) is 4. The molecule has 13 heteroatoms. The Balaban J connectivity index is 1.00. The second-order valence-corrected chi connectivity index (χ2v) is 16.4. The summed E-state index contributed by atoms with van der Waals surface area (Å²) in [6, 6.07) is 26.1. The van der Waals surface area contributed by atoms with Crippen molar-refractivity contribution in [2.75, 3.05) is 26.3 Å². The van der Waals surface area contributed by atoms with Crippen LogP contribution in [0.3, 0.4) is 0 Å². The molecule has 0 atom stereocenters. The van der Waals surface area contributed by atoms with Gasteiger partial charge in [0.15, 0.2) is 0 Å². The number of halogens is 2. The Hall–Kier alpha value is -6.20. The van der Waals surface area contributed by atoms with Gasteiger partial charge in [0, 0.05) is 29.3 Å². The van der Waals surface area contributed by atoms with E-state index in [9.17, 15) is 26.8 Å². The van der Waals surface area contributed by atoms with Gasteiger partial charge in [0.1, 0.15) is 34.6 Å². The number of hydrogen-bond donors (Lipinski definition) is 0. The third-order valence-corrected chi connectivity index (χ3v) is 12.3. The molecule has 6 aromatic carbocycles. The average Bonchev–Trinajstić information content (AvgIpc) is 3.14. The van der Waals surface area contributed by atoms with Crippen LogP contribution in [-0.2, 0) is 41.9 Å². The van der Waals surface area contributed by atoms with E-state index in [1.807, 2.05) is 6.07 Å². The van der Waals surface area contributed by atoms with Crippen LogP contribution in [0.15, 0.2) is 102 Å². The highest BCUT2D eigenvalue weighted by atomic mass is 32.2. The molecule has 2 aliphatic rings. The fourth-order valence-corrected chi connectivity index (χ4v) is 8.90. The van der Waals surface area contributed by atoms with Crippen molar-refractivity contribution in [3.05, 3.63) is 137 Å². The molecule has 6 aromatic rings. The number of rotatable bonds is 10. The molecule has 288 valence electrons. The van der Waals surface area contributed by atoms with Crippen LogP contribution in [0, 0.1) is 42.2 Å². The van der Waals surface area contributed by atoms with E-state index in [0.717, 1.165) is 0 Å². The maximum absolute atomic E-state index is 14.5. The van der Waals surface area contributed by atoms with Crippen molar-refractivity contribution in [2.45, 2.75) is 31.6 Å². The van der Waals surface area contributed by atoms with Gasteiger partial charge >= 0.3 is 11.9 Å². The molecule has 1 spiro atoms. The number of hydrogen-bond acceptors (Lipinski definition) is 9. The van der Waals surface area contributed by atoms with Crippen LogP contribution in [0.25, 0.3) is 21.5 Å². The summed E-state index contributed by atoms with van der Waals surface area (Å²) < 4.78 is 79.6. The van der Waals surface area contributed by atoms with Crippen LogP contribution in [0.2, 0.25) is 0 Å². The molecule has 57 heavy (non-hydrogen) atoms. The molecule has 2 fully saturated rings. The van der Waals surface area contributed by atoms with Crippen LogP contribution in [0.1, 0.15) is 27.8 Å². The van der Waals surface area contributed by atoms with Gasteiger partial charge in [-0.3, -0.25) is 9.59 Å². The lowest BCUT2D eigenvalue weighted by Crippen LogP contribution is -2.66. The fourth-order valence-electron chi connectivity index (χ4n) is 7.24. The zero-order chi connectivity index (χ0) is 40.1. The zero-order valence-electron chi connectivity index (χ0n) is 30.8. The number of nitrogens with zero attached hydrogens (tertiary/aromatic N) is 2. The highest BCUT2D eigenvalue weighted by Gasteiger charge is 2.53. The van der Waals surface area contributed by atoms with Gasteiger partial charge in [-0.2, -0.15) is 9.57 Å². The predicted molar refractivity (Wildman–Crippen MR) is 206 cm³/mol. The van der Waals surface area contributed by atoms with Gasteiger partial charge in [-0.1, -0.05) is 24.3 Å². The van der Waals surface area contributed by atoms with Gasteiger partial charge in [0.05, 0.1) is 42.6 Å². The molecule has 0 saturated carbocycles. The van der Waals surface area contributed by atoms with Crippen molar-refractivity contribution in [3.63, 3.8) is 0 Å². The van der Waals surface area contributed by atoms with Gasteiger partial charge in [-0.25, -0.2) is 17.2 Å². The Morgan fingerprint density at radius 3 is 1.65 bits per heavy atom. The molecular weight excluding hydrogens is 755 g/mol. The Morgan fingerprint density at radius 1 is 0.737 bits per heavy atom. The molecule has 0 aliphatic carbocycles. The third kappa shape index (κ3) is 7.42. The minimum Gasteiger partial charge on any atom is -0.456 e. The minimum absolute atomic E-state index is 0.0813. The first-order valence-corrected chi connectivity index (χ1v) is 19.5. The molecule has 10 nitrogen and oxygen atoms in total. The van der Waals surface area contributed by atoms with E-state index in [-0.39, 0.29) is 28.9 Å². The molecule has 0 unspecified atom stereocenters. The Labute approximate surface area is 326 Å². The number of carbonyl (C=O) groups is 2. The molecule has 0 radical (unpaired) electrons. The molecule has 0 amide bonds. The largest absolute Gasteiger partial charge is 0.456 e. The third-order valence-electron chi connectivity index (χ3n) is 10.4. The van der Waals surface area contributed by atoms with Crippen LogP contribution in [0.4, 0.5) is 8.78 Å². The molecule has 0 aromatic heterocycles. The van der Waals surface area contributed by atoms with Gasteiger partial charge in [0.2, 0.25) is 10.0 Å². The molecule has 0 N–H and O–H groups in total. The average molecular weight is 789 g/mol. The molecule has 2 heterocycles. The minimum atomic E-state index is -3.70. The number of sulfonamides is 1. The van der Waals surface area contributed by atoms with Crippen molar-refractivity contribution < 1.29 is 45.7 Å².